The predicted molar refractivity (Wildman–Crippen MR) is 56.3 cm³/mol. The van der Waals surface area contributed by atoms with E-state index in [9.17, 15) is 0 Å². The number of fused-ring (bicyclic) bond motifs is 1. The quantitative estimate of drug-likeness (QED) is 0.770. The van der Waals surface area contributed by atoms with Crippen molar-refractivity contribution in [3.63, 3.8) is 0 Å². The number of thiazole rings is 1. The minimum Gasteiger partial charge on any atom is -0.360 e. The molecule has 72 valence electrons. The third-order valence-corrected chi connectivity index (χ3v) is 3.38. The van der Waals surface area contributed by atoms with Crippen LogP contribution in [0.3, 0.4) is 0 Å². The van der Waals surface area contributed by atoms with Gasteiger partial charge in [0, 0.05) is 18.0 Å². The highest BCUT2D eigenvalue weighted by molar-refractivity contribution is 7.15. The number of anilines is 1. The van der Waals surface area contributed by atoms with Gasteiger partial charge in [-0.1, -0.05) is 0 Å². The number of aromatic nitrogens is 1. The second kappa shape index (κ2) is 4.07. The SMILES string of the molecule is NCCNc1nc2c(s1)CCCC2. The Labute approximate surface area is 82.4 Å². The second-order valence-corrected chi connectivity index (χ2v) is 4.40. The zero-order valence-corrected chi connectivity index (χ0v) is 8.49. The highest BCUT2D eigenvalue weighted by Crippen LogP contribution is 2.29. The fourth-order valence-corrected chi connectivity index (χ4v) is 2.68. The van der Waals surface area contributed by atoms with Gasteiger partial charge in [0.25, 0.3) is 0 Å². The third kappa shape index (κ3) is 2.00. The zero-order valence-electron chi connectivity index (χ0n) is 7.68. The van der Waals surface area contributed by atoms with Crippen molar-refractivity contribution in [1.82, 2.24) is 4.98 Å². The second-order valence-electron chi connectivity index (χ2n) is 3.31. The van der Waals surface area contributed by atoms with Crippen molar-refractivity contribution in [2.75, 3.05) is 18.4 Å². The molecule has 0 amide bonds. The van der Waals surface area contributed by atoms with Crippen LogP contribution in [0.15, 0.2) is 0 Å². The first-order valence-corrected chi connectivity index (χ1v) is 5.64. The van der Waals surface area contributed by atoms with Crippen LogP contribution in [0.25, 0.3) is 0 Å². The average molecular weight is 197 g/mol. The molecule has 0 bridgehead atoms. The first kappa shape index (κ1) is 8.97. The molecule has 0 atom stereocenters. The normalized spacial score (nSPS) is 15.5. The molecule has 0 radical (unpaired) electrons. The van der Waals surface area contributed by atoms with E-state index in [2.05, 4.69) is 10.3 Å². The summed E-state index contributed by atoms with van der Waals surface area (Å²) in [5.41, 5.74) is 6.73. The molecule has 0 aliphatic heterocycles. The summed E-state index contributed by atoms with van der Waals surface area (Å²) in [6.07, 6.45) is 5.01. The van der Waals surface area contributed by atoms with Gasteiger partial charge in [-0.15, -0.1) is 11.3 Å². The Morgan fingerprint density at radius 3 is 3.00 bits per heavy atom. The van der Waals surface area contributed by atoms with E-state index in [4.69, 9.17) is 5.73 Å². The molecule has 0 saturated heterocycles. The van der Waals surface area contributed by atoms with E-state index in [1.54, 1.807) is 11.3 Å². The van der Waals surface area contributed by atoms with Gasteiger partial charge in [0.2, 0.25) is 0 Å². The summed E-state index contributed by atoms with van der Waals surface area (Å²) in [5, 5.41) is 4.29. The van der Waals surface area contributed by atoms with Crippen LogP contribution in [0, 0.1) is 0 Å². The summed E-state index contributed by atoms with van der Waals surface area (Å²) in [4.78, 5) is 6.02. The Morgan fingerprint density at radius 2 is 2.23 bits per heavy atom. The Morgan fingerprint density at radius 1 is 1.38 bits per heavy atom. The van der Waals surface area contributed by atoms with Crippen LogP contribution in [0.2, 0.25) is 0 Å². The van der Waals surface area contributed by atoms with Gasteiger partial charge in [0.05, 0.1) is 5.69 Å². The highest BCUT2D eigenvalue weighted by atomic mass is 32.1. The number of rotatable bonds is 3. The molecule has 0 spiro atoms. The summed E-state index contributed by atoms with van der Waals surface area (Å²) in [6, 6.07) is 0. The lowest BCUT2D eigenvalue weighted by molar-refractivity contribution is 0.682. The molecule has 0 unspecified atom stereocenters. The van der Waals surface area contributed by atoms with Crippen LogP contribution < -0.4 is 11.1 Å². The average Bonchev–Trinajstić information content (AvgIpc) is 2.57. The molecular formula is C9H15N3S. The van der Waals surface area contributed by atoms with E-state index in [0.717, 1.165) is 18.1 Å². The van der Waals surface area contributed by atoms with E-state index in [1.165, 1.54) is 29.8 Å². The summed E-state index contributed by atoms with van der Waals surface area (Å²) in [6.45, 7) is 1.50. The lowest BCUT2D eigenvalue weighted by atomic mass is 10.0. The van der Waals surface area contributed by atoms with Gasteiger partial charge in [-0.2, -0.15) is 0 Å². The number of nitrogens with two attached hydrogens (primary N) is 1. The zero-order chi connectivity index (χ0) is 9.10. The molecule has 1 aromatic rings. The van der Waals surface area contributed by atoms with Gasteiger partial charge >= 0.3 is 0 Å². The standard InChI is InChI=1S/C9H15N3S/c10-5-6-11-9-12-7-3-1-2-4-8(7)13-9/h1-6,10H2,(H,11,12). The maximum absolute atomic E-state index is 5.41. The molecule has 0 aromatic carbocycles. The smallest absolute Gasteiger partial charge is 0.183 e. The van der Waals surface area contributed by atoms with E-state index in [1.807, 2.05) is 0 Å². The molecule has 0 saturated carbocycles. The Bertz CT molecular complexity index is 259. The minimum absolute atomic E-state index is 0.671. The van der Waals surface area contributed by atoms with Crippen LogP contribution in [-0.4, -0.2) is 18.1 Å². The first-order valence-electron chi connectivity index (χ1n) is 4.82. The Kier molecular flexibility index (Phi) is 2.80. The molecule has 3 N–H and O–H groups in total. The van der Waals surface area contributed by atoms with Crippen molar-refractivity contribution in [2.45, 2.75) is 25.7 Å². The molecular weight excluding hydrogens is 182 g/mol. The maximum Gasteiger partial charge on any atom is 0.183 e. The molecule has 2 rings (SSSR count). The summed E-state index contributed by atoms with van der Waals surface area (Å²) >= 11 is 1.80. The third-order valence-electron chi connectivity index (χ3n) is 2.27. The van der Waals surface area contributed by atoms with Gasteiger partial charge in [-0.05, 0) is 25.7 Å². The van der Waals surface area contributed by atoms with Crippen molar-refractivity contribution in [3.8, 4) is 0 Å². The van der Waals surface area contributed by atoms with Crippen molar-refractivity contribution in [1.29, 1.82) is 0 Å². The molecule has 0 fully saturated rings. The van der Waals surface area contributed by atoms with Gasteiger partial charge < -0.3 is 11.1 Å². The van der Waals surface area contributed by atoms with Gasteiger partial charge in [-0.25, -0.2) is 4.98 Å². The predicted octanol–water partition coefficient (Wildman–Crippen LogP) is 1.39. The number of hydrogen-bond acceptors (Lipinski definition) is 4. The van der Waals surface area contributed by atoms with Crippen LogP contribution in [0.4, 0.5) is 5.13 Å². The van der Waals surface area contributed by atoms with E-state index < -0.39 is 0 Å². The molecule has 13 heavy (non-hydrogen) atoms. The molecule has 3 nitrogen and oxygen atoms in total. The van der Waals surface area contributed by atoms with Crippen LogP contribution in [0.1, 0.15) is 23.4 Å². The van der Waals surface area contributed by atoms with Crippen molar-refractivity contribution >= 4 is 16.5 Å². The molecule has 1 aliphatic rings. The summed E-state index contributed by atoms with van der Waals surface area (Å²) < 4.78 is 0. The number of hydrogen-bond donors (Lipinski definition) is 2. The van der Waals surface area contributed by atoms with Gasteiger partial charge in [0.15, 0.2) is 5.13 Å². The fraction of sp³-hybridized carbons (Fsp3) is 0.667. The van der Waals surface area contributed by atoms with Crippen molar-refractivity contribution in [2.24, 2.45) is 5.73 Å². The number of nitrogens with one attached hydrogen (secondary N) is 1. The maximum atomic E-state index is 5.41. The van der Waals surface area contributed by atoms with Crippen LogP contribution in [0.5, 0.6) is 0 Å². The molecule has 1 aliphatic carbocycles. The number of aryl methyl sites for hydroxylation is 2. The summed E-state index contributed by atoms with van der Waals surface area (Å²) in [5.74, 6) is 0. The van der Waals surface area contributed by atoms with Crippen molar-refractivity contribution in [3.05, 3.63) is 10.6 Å². The number of nitrogens with zero attached hydrogens (tertiary/aromatic N) is 1. The van der Waals surface area contributed by atoms with Crippen LogP contribution in [-0.2, 0) is 12.8 Å². The largest absolute Gasteiger partial charge is 0.360 e. The Hall–Kier alpha value is -0.610. The van der Waals surface area contributed by atoms with E-state index >= 15 is 0 Å². The molecule has 1 aromatic heterocycles. The van der Waals surface area contributed by atoms with Gasteiger partial charge in [-0.3, -0.25) is 0 Å². The monoisotopic (exact) mass is 197 g/mol. The van der Waals surface area contributed by atoms with E-state index in [0.29, 0.717) is 6.54 Å². The molecule has 4 heteroatoms. The topological polar surface area (TPSA) is 50.9 Å². The molecule has 1 heterocycles. The fourth-order valence-electron chi connectivity index (χ4n) is 1.61. The minimum atomic E-state index is 0.671. The lowest BCUT2D eigenvalue weighted by Gasteiger charge is -2.06. The highest BCUT2D eigenvalue weighted by Gasteiger charge is 2.14. The Balaban J connectivity index is 2.07. The van der Waals surface area contributed by atoms with Crippen molar-refractivity contribution < 1.29 is 0 Å². The van der Waals surface area contributed by atoms with Gasteiger partial charge in [0.1, 0.15) is 0 Å². The first-order chi connectivity index (χ1) is 6.40. The summed E-state index contributed by atoms with van der Waals surface area (Å²) in [7, 11) is 0. The lowest BCUT2D eigenvalue weighted by Crippen LogP contribution is -2.12. The van der Waals surface area contributed by atoms with Crippen LogP contribution >= 0.6 is 11.3 Å². The van der Waals surface area contributed by atoms with E-state index in [-0.39, 0.29) is 0 Å².